The highest BCUT2D eigenvalue weighted by molar-refractivity contribution is 6.09. The van der Waals surface area contributed by atoms with Gasteiger partial charge in [-0.3, -0.25) is 9.79 Å². The Morgan fingerprint density at radius 2 is 2.19 bits per heavy atom. The molecule has 1 aliphatic heterocycles. The van der Waals surface area contributed by atoms with Gasteiger partial charge in [-0.25, -0.2) is 4.98 Å². The predicted molar refractivity (Wildman–Crippen MR) is 144 cm³/mol. The van der Waals surface area contributed by atoms with Gasteiger partial charge < -0.3 is 20.5 Å². The van der Waals surface area contributed by atoms with Crippen molar-refractivity contribution in [2.24, 2.45) is 10.7 Å². The molecule has 37 heavy (non-hydrogen) atoms. The molecule has 1 aromatic carbocycles. The molecule has 1 fully saturated rings. The first-order chi connectivity index (χ1) is 17.9. The van der Waals surface area contributed by atoms with Gasteiger partial charge in [0, 0.05) is 18.3 Å². The van der Waals surface area contributed by atoms with E-state index >= 15 is 0 Å². The Labute approximate surface area is 216 Å². The Morgan fingerprint density at radius 1 is 1.38 bits per heavy atom. The molecule has 2 heterocycles. The molecule has 1 aliphatic carbocycles. The Morgan fingerprint density at radius 3 is 2.89 bits per heavy atom. The van der Waals surface area contributed by atoms with Crippen LogP contribution in [0.25, 0.3) is 17.7 Å². The van der Waals surface area contributed by atoms with Crippen LogP contribution >= 0.6 is 0 Å². The van der Waals surface area contributed by atoms with Gasteiger partial charge >= 0.3 is 0 Å². The summed E-state index contributed by atoms with van der Waals surface area (Å²) in [6, 6.07) is 11.8. The van der Waals surface area contributed by atoms with Crippen molar-refractivity contribution in [2.75, 3.05) is 20.3 Å². The summed E-state index contributed by atoms with van der Waals surface area (Å²) in [5.41, 5.74) is 10.3. The number of allylic oxidation sites excluding steroid dienone is 1. The van der Waals surface area contributed by atoms with Gasteiger partial charge in [0.25, 0.3) is 5.91 Å². The van der Waals surface area contributed by atoms with Gasteiger partial charge in [-0.15, -0.1) is 0 Å². The number of hydrogen-bond acceptors (Lipinski definition) is 7. The van der Waals surface area contributed by atoms with Gasteiger partial charge in [0.05, 0.1) is 55.0 Å². The summed E-state index contributed by atoms with van der Waals surface area (Å²) in [6.07, 6.45) is 7.69. The van der Waals surface area contributed by atoms with Crippen molar-refractivity contribution in [2.45, 2.75) is 38.3 Å². The topological polar surface area (TPSA) is 123 Å². The van der Waals surface area contributed by atoms with Crippen molar-refractivity contribution < 1.29 is 14.3 Å². The lowest BCUT2D eigenvalue weighted by atomic mass is 9.92. The summed E-state index contributed by atoms with van der Waals surface area (Å²) in [4.78, 5) is 22.2. The quantitative estimate of drug-likeness (QED) is 0.426. The molecule has 0 radical (unpaired) electrons. The van der Waals surface area contributed by atoms with E-state index in [0.717, 1.165) is 29.2 Å². The van der Waals surface area contributed by atoms with Gasteiger partial charge in [0.1, 0.15) is 0 Å². The van der Waals surface area contributed by atoms with Crippen LogP contribution < -0.4 is 21.6 Å². The summed E-state index contributed by atoms with van der Waals surface area (Å²) in [7, 11) is 1.52. The average Bonchev–Trinajstić information content (AvgIpc) is 3.75. The lowest BCUT2D eigenvalue weighted by molar-refractivity contribution is 0.0952. The first kappa shape index (κ1) is 25.9. The number of carbonyl (C=O) groups is 1. The second-order valence-electron chi connectivity index (χ2n) is 9.05. The first-order valence-corrected chi connectivity index (χ1v) is 12.2. The maximum atomic E-state index is 12.8. The molecule has 0 bridgehead atoms. The highest BCUT2D eigenvalue weighted by atomic mass is 16.5. The second kappa shape index (κ2) is 11.7. The molecule has 8 heteroatoms. The number of nitrogens with one attached hydrogen (secondary N) is 1. The number of nitrogens with two attached hydrogens (primary N) is 1. The third kappa shape index (κ3) is 6.32. The number of amides is 1. The van der Waals surface area contributed by atoms with Crippen LogP contribution in [-0.4, -0.2) is 43.4 Å². The van der Waals surface area contributed by atoms with E-state index < -0.39 is 0 Å². The SMILES string of the molecule is C=C(/C=c1/nc(/C(C=NC2CC2)=C(/N)OC)cc/c1=C/C)CNC(=O)c1ccc2c(c1)[C@H](C#N)COC2. The lowest BCUT2D eigenvalue weighted by Crippen LogP contribution is -2.31. The number of aromatic nitrogens is 1. The highest BCUT2D eigenvalue weighted by Crippen LogP contribution is 2.27. The molecule has 3 N–H and O–H groups in total. The molecule has 2 aliphatic rings. The van der Waals surface area contributed by atoms with Gasteiger partial charge in [-0.1, -0.05) is 24.8 Å². The number of ether oxygens (including phenoxy) is 2. The van der Waals surface area contributed by atoms with Crippen LogP contribution in [0.3, 0.4) is 0 Å². The Kier molecular flexibility index (Phi) is 8.16. The maximum Gasteiger partial charge on any atom is 0.251 e. The zero-order valence-electron chi connectivity index (χ0n) is 21.2. The number of carbonyl (C=O) groups excluding carboxylic acids is 1. The molecular formula is C29H31N5O3. The largest absolute Gasteiger partial charge is 0.482 e. The maximum absolute atomic E-state index is 12.8. The fourth-order valence-electron chi connectivity index (χ4n) is 3.98. The molecule has 1 atom stereocenters. The number of benzene rings is 1. The monoisotopic (exact) mass is 497 g/mol. The van der Waals surface area contributed by atoms with Crippen LogP contribution in [0.1, 0.15) is 52.9 Å². The van der Waals surface area contributed by atoms with E-state index in [2.05, 4.69) is 23.0 Å². The standard InChI is InChI=1S/C29H31N5O3/c1-4-19-7-10-26(25(28(31)36-3)15-32-23-8-9-23)34-27(19)11-18(2)14-33-29(35)20-5-6-21-16-37-17-22(13-30)24(21)12-20/h4-7,10-12,15,22-23H,2,8-9,14,16-17,31H2,1,3H3,(H,33,35)/b19-4-,27-11+,28-25-,32-15?/t22-/m1/s1. The summed E-state index contributed by atoms with van der Waals surface area (Å²) < 4.78 is 10.7. The molecule has 4 rings (SSSR count). The number of nitriles is 1. The van der Waals surface area contributed by atoms with E-state index in [1.165, 1.54) is 7.11 Å². The summed E-state index contributed by atoms with van der Waals surface area (Å²) in [5.74, 6) is -0.362. The van der Waals surface area contributed by atoms with E-state index in [1.54, 1.807) is 18.3 Å². The molecule has 0 saturated heterocycles. The van der Waals surface area contributed by atoms with Crippen LogP contribution in [0, 0.1) is 11.3 Å². The number of pyridine rings is 1. The fourth-order valence-corrected chi connectivity index (χ4v) is 3.98. The van der Waals surface area contributed by atoms with Crippen molar-refractivity contribution >= 4 is 29.8 Å². The van der Waals surface area contributed by atoms with E-state index in [1.807, 2.05) is 37.3 Å². The van der Waals surface area contributed by atoms with Gasteiger partial charge in [0.2, 0.25) is 0 Å². The van der Waals surface area contributed by atoms with Crippen molar-refractivity contribution in [3.63, 3.8) is 0 Å². The van der Waals surface area contributed by atoms with Gasteiger partial charge in [-0.05, 0) is 66.0 Å². The third-order valence-corrected chi connectivity index (χ3v) is 6.29. The molecule has 8 nitrogen and oxygen atoms in total. The van der Waals surface area contributed by atoms with Crippen LogP contribution in [-0.2, 0) is 16.1 Å². The summed E-state index contributed by atoms with van der Waals surface area (Å²) in [6.45, 7) is 7.06. The van der Waals surface area contributed by atoms with Crippen LogP contribution in [0.5, 0.6) is 0 Å². The molecule has 190 valence electrons. The number of fused-ring (bicyclic) bond motifs is 1. The minimum atomic E-state index is -0.373. The lowest BCUT2D eigenvalue weighted by Gasteiger charge is -2.21. The van der Waals surface area contributed by atoms with Crippen molar-refractivity contribution in [1.29, 1.82) is 5.26 Å². The number of aliphatic imine (C=N–C) groups is 1. The number of nitrogens with zero attached hydrogens (tertiary/aromatic N) is 3. The predicted octanol–water partition coefficient (Wildman–Crippen LogP) is 2.29. The number of rotatable bonds is 8. The Bertz CT molecular complexity index is 1430. The fraction of sp³-hybridized carbons (Fsp3) is 0.310. The van der Waals surface area contributed by atoms with Crippen molar-refractivity contribution in [3.05, 3.63) is 81.3 Å². The normalized spacial score (nSPS) is 18.7. The van der Waals surface area contributed by atoms with Crippen molar-refractivity contribution in [1.82, 2.24) is 10.3 Å². The molecule has 0 unspecified atom stereocenters. The minimum Gasteiger partial charge on any atom is -0.482 e. The number of hydrogen-bond donors (Lipinski definition) is 2. The molecule has 1 saturated carbocycles. The molecule has 0 spiro atoms. The zero-order chi connectivity index (χ0) is 26.4. The smallest absolute Gasteiger partial charge is 0.251 e. The first-order valence-electron chi connectivity index (χ1n) is 12.2. The van der Waals surface area contributed by atoms with E-state index in [9.17, 15) is 10.1 Å². The van der Waals surface area contributed by atoms with Crippen LogP contribution in [0.4, 0.5) is 0 Å². The molecular weight excluding hydrogens is 466 g/mol. The van der Waals surface area contributed by atoms with Crippen molar-refractivity contribution in [3.8, 4) is 6.07 Å². The Balaban J connectivity index is 1.53. The van der Waals surface area contributed by atoms with E-state index in [-0.39, 0.29) is 24.3 Å². The summed E-state index contributed by atoms with van der Waals surface area (Å²) >= 11 is 0. The van der Waals surface area contributed by atoms with Gasteiger partial charge in [-0.2, -0.15) is 5.26 Å². The second-order valence-corrected chi connectivity index (χ2v) is 9.05. The molecule has 2 aromatic rings. The molecule has 1 amide bonds. The van der Waals surface area contributed by atoms with Crippen LogP contribution in [0.2, 0.25) is 0 Å². The van der Waals surface area contributed by atoms with Gasteiger partial charge in [0.15, 0.2) is 5.88 Å². The van der Waals surface area contributed by atoms with Crippen LogP contribution in [0.15, 0.2) is 53.4 Å². The van der Waals surface area contributed by atoms with E-state index in [0.29, 0.717) is 47.0 Å². The minimum absolute atomic E-state index is 0.237. The number of methoxy groups -OCH3 is 1. The summed E-state index contributed by atoms with van der Waals surface area (Å²) in [5, 5.41) is 13.9. The highest BCUT2D eigenvalue weighted by Gasteiger charge is 2.22. The zero-order valence-corrected chi connectivity index (χ0v) is 21.2. The Hall–Kier alpha value is -4.22. The average molecular weight is 498 g/mol. The molecule has 1 aromatic heterocycles. The van der Waals surface area contributed by atoms with E-state index in [4.69, 9.17) is 20.2 Å². The third-order valence-electron chi connectivity index (χ3n) is 6.29.